The Kier molecular flexibility index (Phi) is 3.69. The lowest BCUT2D eigenvalue weighted by atomic mass is 10.2. The van der Waals surface area contributed by atoms with Crippen molar-refractivity contribution in [2.24, 2.45) is 0 Å². The highest BCUT2D eigenvalue weighted by atomic mass is 32.1. The molecule has 0 spiro atoms. The van der Waals surface area contributed by atoms with Gasteiger partial charge in [-0.2, -0.15) is 0 Å². The van der Waals surface area contributed by atoms with Gasteiger partial charge < -0.3 is 10.0 Å². The molecule has 0 fully saturated rings. The van der Waals surface area contributed by atoms with Crippen molar-refractivity contribution in [3.05, 3.63) is 11.1 Å². The number of anilines is 1. The Morgan fingerprint density at radius 3 is 2.85 bits per heavy atom. The zero-order valence-corrected chi connectivity index (χ0v) is 9.14. The molecule has 1 rings (SSSR count). The van der Waals surface area contributed by atoms with Crippen LogP contribution in [0.2, 0.25) is 0 Å². The number of rotatable bonds is 4. The van der Waals surface area contributed by atoms with Gasteiger partial charge in [-0.25, -0.2) is 4.98 Å². The normalized spacial score (nSPS) is 12.9. The number of aromatic nitrogens is 1. The molecule has 1 unspecified atom stereocenters. The van der Waals surface area contributed by atoms with Crippen molar-refractivity contribution in [3.63, 3.8) is 0 Å². The summed E-state index contributed by atoms with van der Waals surface area (Å²) in [5.41, 5.74) is 0. The molecule has 74 valence electrons. The van der Waals surface area contributed by atoms with Gasteiger partial charge in [0.05, 0.1) is 11.5 Å². The Morgan fingerprint density at radius 2 is 2.38 bits per heavy atom. The summed E-state index contributed by atoms with van der Waals surface area (Å²) in [5.74, 6) is 0. The largest absolute Gasteiger partial charge is 0.391 e. The van der Waals surface area contributed by atoms with Gasteiger partial charge in [-0.3, -0.25) is 0 Å². The molecule has 1 aromatic rings. The van der Waals surface area contributed by atoms with Gasteiger partial charge in [0, 0.05) is 19.3 Å². The van der Waals surface area contributed by atoms with Crippen molar-refractivity contribution in [2.75, 3.05) is 11.9 Å². The fourth-order valence-corrected chi connectivity index (χ4v) is 1.83. The second kappa shape index (κ2) is 4.58. The van der Waals surface area contributed by atoms with Gasteiger partial charge in [0.25, 0.3) is 0 Å². The zero-order chi connectivity index (χ0) is 9.84. The van der Waals surface area contributed by atoms with Crippen molar-refractivity contribution < 1.29 is 5.11 Å². The topological polar surface area (TPSA) is 36.4 Å². The smallest absolute Gasteiger partial charge is 0.185 e. The summed E-state index contributed by atoms with van der Waals surface area (Å²) in [6.07, 6.45) is 2.84. The molecule has 1 aromatic heterocycles. The highest BCUT2D eigenvalue weighted by Gasteiger charge is 2.11. The summed E-state index contributed by atoms with van der Waals surface area (Å²) >= 11 is 1.55. The summed E-state index contributed by atoms with van der Waals surface area (Å²) < 4.78 is 0. The molecule has 0 aromatic carbocycles. The van der Waals surface area contributed by atoms with Crippen LogP contribution in [0.15, 0.2) is 6.20 Å². The predicted octanol–water partition coefficient (Wildman–Crippen LogP) is 1.87. The third kappa shape index (κ3) is 2.42. The molecule has 0 saturated carbocycles. The van der Waals surface area contributed by atoms with Crippen LogP contribution < -0.4 is 4.90 Å². The second-order valence-corrected chi connectivity index (χ2v) is 4.23. The summed E-state index contributed by atoms with van der Waals surface area (Å²) in [7, 11) is 2.04. The molecule has 3 nitrogen and oxygen atoms in total. The lowest BCUT2D eigenvalue weighted by Crippen LogP contribution is -2.27. The number of nitrogens with zero attached hydrogens (tertiary/aromatic N) is 2. The molecule has 4 heteroatoms. The average molecular weight is 200 g/mol. The highest BCUT2D eigenvalue weighted by Crippen LogP contribution is 2.23. The number of hydrogen-bond donors (Lipinski definition) is 1. The van der Waals surface area contributed by atoms with E-state index < -0.39 is 0 Å². The predicted molar refractivity (Wildman–Crippen MR) is 56.2 cm³/mol. The SMILES string of the molecule is CCC(C)N(C)c1ncc(CO)s1. The molecular formula is C9H16N2OS. The molecule has 13 heavy (non-hydrogen) atoms. The van der Waals surface area contributed by atoms with Gasteiger partial charge in [-0.15, -0.1) is 0 Å². The molecular weight excluding hydrogens is 184 g/mol. The Balaban J connectivity index is 2.70. The van der Waals surface area contributed by atoms with Gasteiger partial charge >= 0.3 is 0 Å². The van der Waals surface area contributed by atoms with E-state index in [1.807, 2.05) is 7.05 Å². The Morgan fingerprint density at radius 1 is 1.69 bits per heavy atom. The molecule has 0 aliphatic heterocycles. The van der Waals surface area contributed by atoms with E-state index in [0.717, 1.165) is 16.4 Å². The fraction of sp³-hybridized carbons (Fsp3) is 0.667. The first kappa shape index (κ1) is 10.5. The van der Waals surface area contributed by atoms with E-state index in [-0.39, 0.29) is 6.61 Å². The molecule has 0 bridgehead atoms. The number of hydrogen-bond acceptors (Lipinski definition) is 4. The van der Waals surface area contributed by atoms with Crippen LogP contribution in [0.3, 0.4) is 0 Å². The molecule has 0 saturated heterocycles. The van der Waals surface area contributed by atoms with Crippen molar-refractivity contribution >= 4 is 16.5 Å². The van der Waals surface area contributed by atoms with Crippen LogP contribution in [0.5, 0.6) is 0 Å². The maximum Gasteiger partial charge on any atom is 0.185 e. The minimum absolute atomic E-state index is 0.0893. The minimum Gasteiger partial charge on any atom is -0.391 e. The first-order chi connectivity index (χ1) is 6.19. The molecule has 1 atom stereocenters. The van der Waals surface area contributed by atoms with Gasteiger partial charge in [-0.1, -0.05) is 18.3 Å². The zero-order valence-electron chi connectivity index (χ0n) is 8.32. The molecule has 0 radical (unpaired) electrons. The molecule has 1 heterocycles. The van der Waals surface area contributed by atoms with Crippen LogP contribution in [-0.2, 0) is 6.61 Å². The second-order valence-electron chi connectivity index (χ2n) is 3.14. The van der Waals surface area contributed by atoms with Crippen molar-refractivity contribution in [3.8, 4) is 0 Å². The van der Waals surface area contributed by atoms with Crippen LogP contribution in [0.1, 0.15) is 25.1 Å². The number of thiazole rings is 1. The summed E-state index contributed by atoms with van der Waals surface area (Å²) in [6, 6.07) is 0.498. The maximum absolute atomic E-state index is 8.88. The van der Waals surface area contributed by atoms with E-state index in [1.54, 1.807) is 17.5 Å². The average Bonchev–Trinajstić information content (AvgIpc) is 2.63. The lowest BCUT2D eigenvalue weighted by molar-refractivity contribution is 0.285. The van der Waals surface area contributed by atoms with Gasteiger partial charge in [0.2, 0.25) is 0 Å². The van der Waals surface area contributed by atoms with Gasteiger partial charge in [0.15, 0.2) is 5.13 Å². The van der Waals surface area contributed by atoms with E-state index >= 15 is 0 Å². The van der Waals surface area contributed by atoms with Crippen molar-refractivity contribution in [1.29, 1.82) is 0 Å². The van der Waals surface area contributed by atoms with E-state index in [2.05, 4.69) is 23.7 Å². The summed E-state index contributed by atoms with van der Waals surface area (Å²) in [5, 5.41) is 9.87. The lowest BCUT2D eigenvalue weighted by Gasteiger charge is -2.22. The van der Waals surface area contributed by atoms with Gasteiger partial charge in [-0.05, 0) is 13.3 Å². The van der Waals surface area contributed by atoms with Crippen LogP contribution in [0.4, 0.5) is 5.13 Å². The van der Waals surface area contributed by atoms with E-state index in [9.17, 15) is 0 Å². The van der Waals surface area contributed by atoms with E-state index in [0.29, 0.717) is 6.04 Å². The van der Waals surface area contributed by atoms with E-state index in [1.165, 1.54) is 0 Å². The molecule has 1 N–H and O–H groups in total. The molecule has 0 aliphatic carbocycles. The van der Waals surface area contributed by atoms with Crippen molar-refractivity contribution in [1.82, 2.24) is 4.98 Å². The van der Waals surface area contributed by atoms with E-state index in [4.69, 9.17) is 5.11 Å². The monoisotopic (exact) mass is 200 g/mol. The first-order valence-corrected chi connectivity index (χ1v) is 5.29. The molecule has 0 aliphatic rings. The molecule has 0 amide bonds. The standard InChI is InChI=1S/C9H16N2OS/c1-4-7(2)11(3)9-10-5-8(6-12)13-9/h5,7,12H,4,6H2,1-3H3. The minimum atomic E-state index is 0.0893. The number of aliphatic hydroxyl groups excluding tert-OH is 1. The Labute approximate surface area is 83.0 Å². The highest BCUT2D eigenvalue weighted by molar-refractivity contribution is 7.15. The third-order valence-corrected chi connectivity index (χ3v) is 3.32. The summed E-state index contributed by atoms with van der Waals surface area (Å²) in [6.45, 7) is 4.41. The summed E-state index contributed by atoms with van der Waals surface area (Å²) in [4.78, 5) is 7.30. The first-order valence-electron chi connectivity index (χ1n) is 4.47. The van der Waals surface area contributed by atoms with Crippen LogP contribution in [0.25, 0.3) is 0 Å². The van der Waals surface area contributed by atoms with Gasteiger partial charge in [0.1, 0.15) is 0 Å². The Bertz CT molecular complexity index is 262. The van der Waals surface area contributed by atoms with Crippen LogP contribution >= 0.6 is 11.3 Å². The quantitative estimate of drug-likeness (QED) is 0.806. The van der Waals surface area contributed by atoms with Crippen LogP contribution in [-0.4, -0.2) is 23.2 Å². The maximum atomic E-state index is 8.88. The van der Waals surface area contributed by atoms with Crippen molar-refractivity contribution in [2.45, 2.75) is 32.9 Å². The number of aliphatic hydroxyl groups is 1. The Hall–Kier alpha value is -0.610. The third-order valence-electron chi connectivity index (χ3n) is 2.25. The van der Waals surface area contributed by atoms with Crippen LogP contribution in [0, 0.1) is 0 Å². The fourth-order valence-electron chi connectivity index (χ4n) is 0.996.